The first kappa shape index (κ1) is 22.6. The zero-order chi connectivity index (χ0) is 22.9. The van der Waals surface area contributed by atoms with Crippen LogP contribution in [0.1, 0.15) is 48.8 Å². The van der Waals surface area contributed by atoms with Crippen molar-refractivity contribution in [1.82, 2.24) is 10.2 Å². The smallest absolute Gasteiger partial charge is 0.277 e. The molecule has 0 radical (unpaired) electrons. The van der Waals surface area contributed by atoms with Gasteiger partial charge in [0.1, 0.15) is 11.1 Å². The van der Waals surface area contributed by atoms with Crippen LogP contribution < -0.4 is 5.32 Å². The van der Waals surface area contributed by atoms with Crippen molar-refractivity contribution in [3.8, 4) is 17.5 Å². The maximum Gasteiger partial charge on any atom is 0.277 e. The van der Waals surface area contributed by atoms with Gasteiger partial charge in [0.25, 0.3) is 5.22 Å². The Morgan fingerprint density at radius 1 is 1.31 bits per heavy atom. The number of thiophene rings is 1. The van der Waals surface area contributed by atoms with Crippen LogP contribution in [-0.4, -0.2) is 21.9 Å². The summed E-state index contributed by atoms with van der Waals surface area (Å²) in [5.41, 5.74) is 3.96. The van der Waals surface area contributed by atoms with E-state index in [1.807, 2.05) is 31.2 Å². The van der Waals surface area contributed by atoms with Crippen LogP contribution in [0.15, 0.2) is 33.9 Å². The third-order valence-electron chi connectivity index (χ3n) is 5.89. The first-order valence-corrected chi connectivity index (χ1v) is 12.4. The molecular weight excluding hydrogens is 440 g/mol. The van der Waals surface area contributed by atoms with Crippen molar-refractivity contribution >= 4 is 34.0 Å². The fourth-order valence-corrected chi connectivity index (χ4v) is 5.76. The lowest BCUT2D eigenvalue weighted by Crippen LogP contribution is -2.26. The maximum atomic E-state index is 12.6. The molecule has 3 aromatic rings. The number of fused-ring (bicyclic) bond motifs is 1. The van der Waals surface area contributed by atoms with Gasteiger partial charge in [-0.1, -0.05) is 50.2 Å². The molecule has 8 heteroatoms. The molecule has 0 fully saturated rings. The number of carbonyl (C=O) groups excluding carboxylic acids is 1. The average molecular weight is 467 g/mol. The van der Waals surface area contributed by atoms with Crippen LogP contribution in [0.25, 0.3) is 11.5 Å². The molecule has 2 aromatic heterocycles. The molecule has 1 atom stereocenters. The predicted molar refractivity (Wildman–Crippen MR) is 128 cm³/mol. The number of benzene rings is 1. The summed E-state index contributed by atoms with van der Waals surface area (Å²) >= 11 is 2.73. The van der Waals surface area contributed by atoms with Crippen molar-refractivity contribution in [2.75, 3.05) is 11.1 Å². The average Bonchev–Trinajstić information content (AvgIpc) is 3.35. The maximum absolute atomic E-state index is 12.6. The van der Waals surface area contributed by atoms with Crippen LogP contribution in [0.3, 0.4) is 0 Å². The van der Waals surface area contributed by atoms with Gasteiger partial charge < -0.3 is 9.73 Å². The van der Waals surface area contributed by atoms with Gasteiger partial charge in [0.15, 0.2) is 0 Å². The van der Waals surface area contributed by atoms with E-state index in [-0.39, 0.29) is 17.1 Å². The number of amides is 1. The zero-order valence-electron chi connectivity index (χ0n) is 18.7. The number of aromatic nitrogens is 2. The van der Waals surface area contributed by atoms with E-state index in [0.29, 0.717) is 27.6 Å². The Bertz CT molecular complexity index is 1170. The van der Waals surface area contributed by atoms with Crippen molar-refractivity contribution in [3.63, 3.8) is 0 Å². The van der Waals surface area contributed by atoms with Crippen LogP contribution >= 0.6 is 23.1 Å². The van der Waals surface area contributed by atoms with Crippen molar-refractivity contribution in [2.45, 2.75) is 52.2 Å². The fourth-order valence-electron chi connectivity index (χ4n) is 3.90. The van der Waals surface area contributed by atoms with E-state index in [0.717, 1.165) is 36.0 Å². The molecule has 4 rings (SSSR count). The Labute approximate surface area is 196 Å². The summed E-state index contributed by atoms with van der Waals surface area (Å²) < 4.78 is 5.68. The summed E-state index contributed by atoms with van der Waals surface area (Å²) in [4.78, 5) is 13.8. The standard InChI is InChI=1S/C24H26N4O2S2/c1-14-5-7-15(8-6-14)21-27-28-23(30-21)31-13-20(29)26-22-18(12-25)17-10-9-16(24(2,3)4)11-19(17)32-22/h5-8,16H,9-11,13H2,1-4H3,(H,26,29)/t16-/m0/s1. The lowest BCUT2D eigenvalue weighted by Gasteiger charge is -2.33. The summed E-state index contributed by atoms with van der Waals surface area (Å²) in [5.74, 6) is 0.958. The molecule has 1 aromatic carbocycles. The van der Waals surface area contributed by atoms with E-state index in [1.165, 1.54) is 16.6 Å². The number of thioether (sulfide) groups is 1. The topological polar surface area (TPSA) is 91.8 Å². The number of nitrogens with zero attached hydrogens (tertiary/aromatic N) is 3. The van der Waals surface area contributed by atoms with E-state index >= 15 is 0 Å². The van der Waals surface area contributed by atoms with Gasteiger partial charge in [-0.25, -0.2) is 0 Å². The van der Waals surface area contributed by atoms with Gasteiger partial charge in [-0.05, 0) is 55.2 Å². The lowest BCUT2D eigenvalue weighted by molar-refractivity contribution is -0.113. The third-order valence-corrected chi connectivity index (χ3v) is 7.87. The summed E-state index contributed by atoms with van der Waals surface area (Å²) in [7, 11) is 0. The molecule has 32 heavy (non-hydrogen) atoms. The number of hydrogen-bond donors (Lipinski definition) is 1. The van der Waals surface area contributed by atoms with Crippen LogP contribution in [0.4, 0.5) is 5.00 Å². The normalized spacial score (nSPS) is 15.8. The van der Waals surface area contributed by atoms with Gasteiger partial charge >= 0.3 is 0 Å². The Hall–Kier alpha value is -2.63. The van der Waals surface area contributed by atoms with E-state index in [9.17, 15) is 10.1 Å². The lowest BCUT2D eigenvalue weighted by atomic mass is 9.72. The Balaban J connectivity index is 1.39. The molecule has 6 nitrogen and oxygen atoms in total. The van der Waals surface area contributed by atoms with Gasteiger partial charge in [0, 0.05) is 10.4 Å². The number of nitrogens with one attached hydrogen (secondary N) is 1. The van der Waals surface area contributed by atoms with E-state index in [2.05, 4.69) is 42.4 Å². The Morgan fingerprint density at radius 2 is 2.06 bits per heavy atom. The molecule has 1 amide bonds. The first-order chi connectivity index (χ1) is 15.2. The van der Waals surface area contributed by atoms with Crippen LogP contribution in [0, 0.1) is 29.6 Å². The molecule has 1 N–H and O–H groups in total. The highest BCUT2D eigenvalue weighted by Crippen LogP contribution is 2.44. The molecular formula is C24H26N4O2S2. The fraction of sp³-hybridized carbons (Fsp3) is 0.417. The van der Waals surface area contributed by atoms with Crippen molar-refractivity contribution in [3.05, 3.63) is 45.8 Å². The molecule has 0 saturated carbocycles. The quantitative estimate of drug-likeness (QED) is 0.474. The summed E-state index contributed by atoms with van der Waals surface area (Å²) in [6, 6.07) is 10.1. The molecule has 0 bridgehead atoms. The van der Waals surface area contributed by atoms with Crippen molar-refractivity contribution in [2.24, 2.45) is 11.3 Å². The number of aryl methyl sites for hydroxylation is 1. The van der Waals surface area contributed by atoms with Crippen LogP contribution in [0.2, 0.25) is 0 Å². The van der Waals surface area contributed by atoms with Crippen molar-refractivity contribution < 1.29 is 9.21 Å². The van der Waals surface area contributed by atoms with E-state index < -0.39 is 0 Å². The summed E-state index contributed by atoms with van der Waals surface area (Å²) in [6.45, 7) is 8.82. The summed E-state index contributed by atoms with van der Waals surface area (Å²) in [6.07, 6.45) is 2.93. The van der Waals surface area contributed by atoms with E-state index in [1.54, 1.807) is 11.3 Å². The second kappa shape index (κ2) is 9.08. The molecule has 0 spiro atoms. The minimum Gasteiger partial charge on any atom is -0.411 e. The highest BCUT2D eigenvalue weighted by molar-refractivity contribution is 7.99. The zero-order valence-corrected chi connectivity index (χ0v) is 20.3. The Kier molecular flexibility index (Phi) is 6.40. The predicted octanol–water partition coefficient (Wildman–Crippen LogP) is 5.86. The number of nitriles is 1. The van der Waals surface area contributed by atoms with Gasteiger partial charge in [0.2, 0.25) is 11.8 Å². The summed E-state index contributed by atoms with van der Waals surface area (Å²) in [5, 5.41) is 21.7. The minimum absolute atomic E-state index is 0.133. The second-order valence-electron chi connectivity index (χ2n) is 9.20. The largest absolute Gasteiger partial charge is 0.411 e. The molecule has 1 aliphatic rings. The highest BCUT2D eigenvalue weighted by atomic mass is 32.2. The molecule has 166 valence electrons. The van der Waals surface area contributed by atoms with Gasteiger partial charge in [-0.3, -0.25) is 4.79 Å². The molecule has 0 saturated heterocycles. The van der Waals surface area contributed by atoms with Crippen LogP contribution in [-0.2, 0) is 17.6 Å². The second-order valence-corrected chi connectivity index (χ2v) is 11.2. The molecule has 2 heterocycles. The SMILES string of the molecule is Cc1ccc(-c2nnc(SCC(=O)Nc3sc4c(c3C#N)CC[C@H](C(C)(C)C)C4)o2)cc1. The van der Waals surface area contributed by atoms with Crippen LogP contribution in [0.5, 0.6) is 0 Å². The van der Waals surface area contributed by atoms with Gasteiger partial charge in [-0.15, -0.1) is 21.5 Å². The number of rotatable bonds is 5. The molecule has 0 unspecified atom stereocenters. The number of hydrogen-bond acceptors (Lipinski definition) is 7. The molecule has 1 aliphatic carbocycles. The number of carbonyl (C=O) groups is 1. The Morgan fingerprint density at radius 3 is 2.75 bits per heavy atom. The highest BCUT2D eigenvalue weighted by Gasteiger charge is 2.32. The van der Waals surface area contributed by atoms with Crippen molar-refractivity contribution in [1.29, 1.82) is 5.26 Å². The monoisotopic (exact) mass is 466 g/mol. The first-order valence-electron chi connectivity index (χ1n) is 10.6. The van der Waals surface area contributed by atoms with E-state index in [4.69, 9.17) is 4.42 Å². The number of anilines is 1. The van der Waals surface area contributed by atoms with Gasteiger partial charge in [-0.2, -0.15) is 5.26 Å². The van der Waals surface area contributed by atoms with Gasteiger partial charge in [0.05, 0.1) is 11.3 Å². The molecule has 0 aliphatic heterocycles. The third kappa shape index (κ3) is 4.89. The minimum atomic E-state index is -0.187.